The van der Waals surface area contributed by atoms with Crippen molar-refractivity contribution in [3.05, 3.63) is 18.2 Å². The molecule has 0 aromatic heterocycles. The fourth-order valence-electron chi connectivity index (χ4n) is 3.19. The standard InChI is InChI=1S/C17H23N3O3/c1-23-15-11-12(19-17(22)13-5-2-3-9-18-13)7-8-14(15)20-10-4-6-16(20)21/h7-8,11,13,18H,2-6,9-10H2,1H3,(H,19,22)/t13-/m0/s1. The molecule has 3 rings (SSSR count). The third kappa shape index (κ3) is 3.47. The predicted octanol–water partition coefficient (Wildman–Crippen LogP) is 1.90. The lowest BCUT2D eigenvalue weighted by Crippen LogP contribution is -2.43. The summed E-state index contributed by atoms with van der Waals surface area (Å²) in [7, 11) is 1.58. The first-order chi connectivity index (χ1) is 11.2. The number of nitrogens with one attached hydrogen (secondary N) is 2. The largest absolute Gasteiger partial charge is 0.494 e. The molecule has 0 aliphatic carbocycles. The summed E-state index contributed by atoms with van der Waals surface area (Å²) in [6, 6.07) is 5.31. The zero-order valence-corrected chi connectivity index (χ0v) is 13.4. The first kappa shape index (κ1) is 15.8. The van der Waals surface area contributed by atoms with Crippen molar-refractivity contribution in [3.8, 4) is 5.75 Å². The molecule has 2 saturated heterocycles. The van der Waals surface area contributed by atoms with Gasteiger partial charge in [0.05, 0.1) is 18.8 Å². The second kappa shape index (κ2) is 7.00. The smallest absolute Gasteiger partial charge is 0.241 e. The minimum atomic E-state index is -0.130. The Labute approximate surface area is 136 Å². The van der Waals surface area contributed by atoms with E-state index in [-0.39, 0.29) is 17.9 Å². The molecule has 2 fully saturated rings. The van der Waals surface area contributed by atoms with Gasteiger partial charge in [-0.05, 0) is 37.9 Å². The Hall–Kier alpha value is -2.08. The number of hydrogen-bond donors (Lipinski definition) is 2. The van der Waals surface area contributed by atoms with E-state index in [0.29, 0.717) is 24.4 Å². The molecular formula is C17H23N3O3. The van der Waals surface area contributed by atoms with E-state index in [1.807, 2.05) is 12.1 Å². The molecule has 2 aliphatic heterocycles. The van der Waals surface area contributed by atoms with Crippen molar-refractivity contribution in [3.63, 3.8) is 0 Å². The Bertz CT molecular complexity index is 597. The third-order valence-electron chi connectivity index (χ3n) is 4.44. The number of benzene rings is 1. The number of carbonyl (C=O) groups is 2. The van der Waals surface area contributed by atoms with Gasteiger partial charge in [-0.2, -0.15) is 0 Å². The summed E-state index contributed by atoms with van der Waals surface area (Å²) in [5, 5.41) is 6.16. The zero-order chi connectivity index (χ0) is 16.2. The first-order valence-electron chi connectivity index (χ1n) is 8.21. The summed E-state index contributed by atoms with van der Waals surface area (Å²) in [6.45, 7) is 1.60. The van der Waals surface area contributed by atoms with Gasteiger partial charge in [0, 0.05) is 24.7 Å². The molecule has 23 heavy (non-hydrogen) atoms. The van der Waals surface area contributed by atoms with Gasteiger partial charge in [-0.25, -0.2) is 0 Å². The van der Waals surface area contributed by atoms with E-state index in [9.17, 15) is 9.59 Å². The molecule has 124 valence electrons. The number of amides is 2. The lowest BCUT2D eigenvalue weighted by atomic mass is 10.0. The van der Waals surface area contributed by atoms with E-state index in [1.165, 1.54) is 0 Å². The van der Waals surface area contributed by atoms with Crippen molar-refractivity contribution in [2.45, 2.75) is 38.1 Å². The second-order valence-electron chi connectivity index (χ2n) is 6.03. The van der Waals surface area contributed by atoms with Gasteiger partial charge in [-0.3, -0.25) is 9.59 Å². The van der Waals surface area contributed by atoms with Gasteiger partial charge < -0.3 is 20.3 Å². The lowest BCUT2D eigenvalue weighted by molar-refractivity contribution is -0.119. The van der Waals surface area contributed by atoms with Crippen LogP contribution in [0.4, 0.5) is 11.4 Å². The van der Waals surface area contributed by atoms with Crippen molar-refractivity contribution in [1.82, 2.24) is 5.32 Å². The molecule has 1 aromatic rings. The quantitative estimate of drug-likeness (QED) is 0.890. The van der Waals surface area contributed by atoms with Crippen molar-refractivity contribution in [2.75, 3.05) is 30.4 Å². The highest BCUT2D eigenvalue weighted by Gasteiger charge is 2.25. The second-order valence-corrected chi connectivity index (χ2v) is 6.03. The maximum Gasteiger partial charge on any atom is 0.241 e. The predicted molar refractivity (Wildman–Crippen MR) is 88.9 cm³/mol. The third-order valence-corrected chi connectivity index (χ3v) is 4.44. The van der Waals surface area contributed by atoms with Crippen LogP contribution in [0.25, 0.3) is 0 Å². The average Bonchev–Trinajstić information content (AvgIpc) is 3.01. The summed E-state index contributed by atoms with van der Waals surface area (Å²) in [5.74, 6) is 0.706. The maximum atomic E-state index is 12.3. The number of piperidine rings is 1. The number of ether oxygens (including phenoxy) is 1. The van der Waals surface area contributed by atoms with Crippen LogP contribution in [0.15, 0.2) is 18.2 Å². The number of carbonyl (C=O) groups excluding carboxylic acids is 2. The normalized spacial score (nSPS) is 21.3. The Kier molecular flexibility index (Phi) is 4.81. The minimum absolute atomic E-state index is 0.0169. The Morgan fingerprint density at radius 1 is 1.35 bits per heavy atom. The highest BCUT2D eigenvalue weighted by atomic mass is 16.5. The molecule has 1 aromatic carbocycles. The van der Waals surface area contributed by atoms with Gasteiger partial charge in [0.2, 0.25) is 11.8 Å². The van der Waals surface area contributed by atoms with Gasteiger partial charge >= 0.3 is 0 Å². The van der Waals surface area contributed by atoms with E-state index in [0.717, 1.165) is 37.9 Å². The molecule has 0 bridgehead atoms. The Balaban J connectivity index is 1.73. The Morgan fingerprint density at radius 3 is 2.87 bits per heavy atom. The van der Waals surface area contributed by atoms with Crippen LogP contribution in [0.1, 0.15) is 32.1 Å². The summed E-state index contributed by atoms with van der Waals surface area (Å²) >= 11 is 0. The molecule has 0 spiro atoms. The number of hydrogen-bond acceptors (Lipinski definition) is 4. The van der Waals surface area contributed by atoms with Gasteiger partial charge in [-0.1, -0.05) is 6.42 Å². The molecule has 6 nitrogen and oxygen atoms in total. The lowest BCUT2D eigenvalue weighted by Gasteiger charge is -2.23. The van der Waals surface area contributed by atoms with Crippen LogP contribution in [0.2, 0.25) is 0 Å². The number of nitrogens with zero attached hydrogens (tertiary/aromatic N) is 1. The molecule has 2 heterocycles. The van der Waals surface area contributed by atoms with Gasteiger partial charge in [-0.15, -0.1) is 0 Å². The van der Waals surface area contributed by atoms with E-state index in [2.05, 4.69) is 10.6 Å². The highest BCUT2D eigenvalue weighted by molar-refractivity contribution is 5.98. The minimum Gasteiger partial charge on any atom is -0.494 e. The van der Waals surface area contributed by atoms with Crippen molar-refractivity contribution >= 4 is 23.2 Å². The van der Waals surface area contributed by atoms with Crippen LogP contribution in [0, 0.1) is 0 Å². The van der Waals surface area contributed by atoms with Crippen LogP contribution in [0.5, 0.6) is 5.75 Å². The van der Waals surface area contributed by atoms with Crippen LogP contribution in [0.3, 0.4) is 0 Å². The summed E-state index contributed by atoms with van der Waals surface area (Å²) < 4.78 is 5.41. The maximum absolute atomic E-state index is 12.3. The average molecular weight is 317 g/mol. The van der Waals surface area contributed by atoms with Crippen molar-refractivity contribution < 1.29 is 14.3 Å². The van der Waals surface area contributed by atoms with Gasteiger partial charge in [0.25, 0.3) is 0 Å². The summed E-state index contributed by atoms with van der Waals surface area (Å²) in [5.41, 5.74) is 1.46. The molecule has 2 aliphatic rings. The molecule has 0 unspecified atom stereocenters. The number of rotatable bonds is 4. The fraction of sp³-hybridized carbons (Fsp3) is 0.529. The zero-order valence-electron chi connectivity index (χ0n) is 13.4. The molecule has 1 atom stereocenters. The summed E-state index contributed by atoms with van der Waals surface area (Å²) in [4.78, 5) is 25.9. The first-order valence-corrected chi connectivity index (χ1v) is 8.21. The molecule has 2 N–H and O–H groups in total. The van der Waals surface area contributed by atoms with Gasteiger partial charge in [0.15, 0.2) is 0 Å². The molecule has 6 heteroatoms. The SMILES string of the molecule is COc1cc(NC(=O)[C@@H]2CCCCN2)ccc1N1CCCC1=O. The van der Waals surface area contributed by atoms with Crippen LogP contribution >= 0.6 is 0 Å². The fourth-order valence-corrected chi connectivity index (χ4v) is 3.19. The molecule has 0 radical (unpaired) electrons. The van der Waals surface area contributed by atoms with Crippen LogP contribution < -0.4 is 20.3 Å². The van der Waals surface area contributed by atoms with Crippen molar-refractivity contribution in [2.24, 2.45) is 0 Å². The molecule has 2 amide bonds. The van der Waals surface area contributed by atoms with Crippen molar-refractivity contribution in [1.29, 1.82) is 0 Å². The van der Waals surface area contributed by atoms with E-state index >= 15 is 0 Å². The summed E-state index contributed by atoms with van der Waals surface area (Å²) in [6.07, 6.45) is 4.51. The monoisotopic (exact) mass is 317 g/mol. The van der Waals surface area contributed by atoms with E-state index in [4.69, 9.17) is 4.74 Å². The van der Waals surface area contributed by atoms with E-state index in [1.54, 1.807) is 18.1 Å². The highest BCUT2D eigenvalue weighted by Crippen LogP contribution is 2.33. The van der Waals surface area contributed by atoms with Crippen LogP contribution in [-0.2, 0) is 9.59 Å². The number of anilines is 2. The van der Waals surface area contributed by atoms with E-state index < -0.39 is 0 Å². The van der Waals surface area contributed by atoms with Crippen LogP contribution in [-0.4, -0.2) is 38.1 Å². The van der Waals surface area contributed by atoms with Gasteiger partial charge in [0.1, 0.15) is 5.75 Å². The topological polar surface area (TPSA) is 70.7 Å². The molecular weight excluding hydrogens is 294 g/mol. The Morgan fingerprint density at radius 2 is 2.22 bits per heavy atom. The number of methoxy groups -OCH3 is 1. The molecule has 0 saturated carbocycles.